The summed E-state index contributed by atoms with van der Waals surface area (Å²) in [6, 6.07) is 0.367. The standard InChI is InChI=1S/C16H28N2O/c1-2-5-12-13-6-3-7-15(19)18-11-4-9-16(13,18)10-8-14(12)17/h12-14H,2-11,17H2,1H3/t12-,13+,14-,16-/m1/s1. The Morgan fingerprint density at radius 1 is 1.32 bits per heavy atom. The second kappa shape index (κ2) is 5.08. The summed E-state index contributed by atoms with van der Waals surface area (Å²) >= 11 is 0. The van der Waals surface area contributed by atoms with E-state index in [0.29, 0.717) is 23.8 Å². The molecule has 0 bridgehead atoms. The van der Waals surface area contributed by atoms with Gasteiger partial charge in [0.2, 0.25) is 5.91 Å². The zero-order chi connectivity index (χ0) is 13.5. The topological polar surface area (TPSA) is 46.3 Å². The number of hydrogen-bond donors (Lipinski definition) is 1. The first kappa shape index (κ1) is 13.4. The molecule has 2 heterocycles. The van der Waals surface area contributed by atoms with Crippen molar-refractivity contribution in [3.8, 4) is 0 Å². The van der Waals surface area contributed by atoms with Gasteiger partial charge in [0.1, 0.15) is 0 Å². The maximum Gasteiger partial charge on any atom is 0.223 e. The van der Waals surface area contributed by atoms with E-state index in [1.54, 1.807) is 0 Å². The molecule has 0 unspecified atom stereocenters. The lowest BCUT2D eigenvalue weighted by Crippen LogP contribution is -2.59. The van der Waals surface area contributed by atoms with Crippen LogP contribution in [-0.4, -0.2) is 28.9 Å². The molecule has 0 radical (unpaired) electrons. The first-order chi connectivity index (χ1) is 9.19. The lowest BCUT2D eigenvalue weighted by atomic mass is 9.61. The predicted octanol–water partition coefficient (Wildman–Crippen LogP) is 2.69. The third-order valence-corrected chi connectivity index (χ3v) is 6.03. The van der Waals surface area contributed by atoms with Gasteiger partial charge in [-0.1, -0.05) is 13.3 Å². The lowest BCUT2D eigenvalue weighted by molar-refractivity contribution is -0.138. The molecule has 1 spiro atoms. The van der Waals surface area contributed by atoms with Crippen LogP contribution in [0.2, 0.25) is 0 Å². The molecule has 0 aromatic heterocycles. The number of hydrogen-bond acceptors (Lipinski definition) is 2. The Hall–Kier alpha value is -0.570. The minimum absolute atomic E-state index is 0.198. The molecule has 3 aliphatic rings. The second-order valence-corrected chi connectivity index (χ2v) is 6.91. The van der Waals surface area contributed by atoms with Gasteiger partial charge < -0.3 is 10.6 Å². The Morgan fingerprint density at radius 2 is 2.16 bits per heavy atom. The van der Waals surface area contributed by atoms with Crippen LogP contribution in [0.25, 0.3) is 0 Å². The SMILES string of the molecule is CCC[C@H]1[C@H](N)CC[C@@]23CCCN2C(=O)CCC[C@@H]13. The molecule has 19 heavy (non-hydrogen) atoms. The number of rotatable bonds is 2. The van der Waals surface area contributed by atoms with Crippen molar-refractivity contribution in [3.05, 3.63) is 0 Å². The molecule has 2 N–H and O–H groups in total. The van der Waals surface area contributed by atoms with Crippen LogP contribution < -0.4 is 5.73 Å². The molecule has 108 valence electrons. The molecule has 2 saturated heterocycles. The van der Waals surface area contributed by atoms with E-state index in [4.69, 9.17) is 5.73 Å². The Balaban J connectivity index is 1.94. The highest BCUT2D eigenvalue weighted by atomic mass is 16.2. The van der Waals surface area contributed by atoms with Crippen molar-refractivity contribution < 1.29 is 4.79 Å². The fourth-order valence-corrected chi connectivity index (χ4v) is 5.27. The van der Waals surface area contributed by atoms with E-state index in [-0.39, 0.29) is 5.54 Å². The van der Waals surface area contributed by atoms with Gasteiger partial charge in [-0.25, -0.2) is 0 Å². The normalized spacial score (nSPS) is 42.7. The second-order valence-electron chi connectivity index (χ2n) is 6.91. The molecule has 1 amide bonds. The van der Waals surface area contributed by atoms with Gasteiger partial charge >= 0.3 is 0 Å². The smallest absolute Gasteiger partial charge is 0.223 e. The van der Waals surface area contributed by atoms with Crippen LogP contribution in [0.3, 0.4) is 0 Å². The van der Waals surface area contributed by atoms with Crippen molar-refractivity contribution in [2.45, 2.75) is 76.3 Å². The Labute approximate surface area is 116 Å². The average molecular weight is 264 g/mol. The van der Waals surface area contributed by atoms with Crippen LogP contribution in [0.5, 0.6) is 0 Å². The number of carbonyl (C=O) groups excluding carboxylic acids is 1. The summed E-state index contributed by atoms with van der Waals surface area (Å²) in [7, 11) is 0. The van der Waals surface area contributed by atoms with E-state index in [2.05, 4.69) is 11.8 Å². The molecule has 0 aromatic carbocycles. The summed E-state index contributed by atoms with van der Waals surface area (Å²) in [5.41, 5.74) is 6.63. The molecule has 3 nitrogen and oxygen atoms in total. The van der Waals surface area contributed by atoms with Crippen molar-refractivity contribution in [1.82, 2.24) is 4.90 Å². The first-order valence-electron chi connectivity index (χ1n) is 8.25. The first-order valence-corrected chi connectivity index (χ1v) is 8.25. The fraction of sp³-hybridized carbons (Fsp3) is 0.938. The van der Waals surface area contributed by atoms with Crippen molar-refractivity contribution >= 4 is 5.91 Å². The zero-order valence-electron chi connectivity index (χ0n) is 12.2. The van der Waals surface area contributed by atoms with E-state index < -0.39 is 0 Å². The number of amides is 1. The molecule has 2 aliphatic heterocycles. The Kier molecular flexibility index (Phi) is 3.59. The van der Waals surface area contributed by atoms with Crippen molar-refractivity contribution in [2.24, 2.45) is 17.6 Å². The fourth-order valence-electron chi connectivity index (χ4n) is 5.27. The molecule has 4 atom stereocenters. The molecule has 1 saturated carbocycles. The van der Waals surface area contributed by atoms with E-state index in [9.17, 15) is 4.79 Å². The largest absolute Gasteiger partial charge is 0.337 e. The van der Waals surface area contributed by atoms with Gasteiger partial charge in [-0.05, 0) is 56.8 Å². The minimum Gasteiger partial charge on any atom is -0.337 e. The molecule has 0 aromatic rings. The van der Waals surface area contributed by atoms with Crippen molar-refractivity contribution in [1.29, 1.82) is 0 Å². The van der Waals surface area contributed by atoms with Crippen molar-refractivity contribution in [3.63, 3.8) is 0 Å². The summed E-state index contributed by atoms with van der Waals surface area (Å²) < 4.78 is 0. The zero-order valence-corrected chi connectivity index (χ0v) is 12.2. The van der Waals surface area contributed by atoms with Crippen LogP contribution in [0.15, 0.2) is 0 Å². The maximum absolute atomic E-state index is 12.4. The third kappa shape index (κ3) is 2.01. The third-order valence-electron chi connectivity index (χ3n) is 6.03. The molecule has 3 heteroatoms. The summed E-state index contributed by atoms with van der Waals surface area (Å²) in [6.45, 7) is 3.27. The van der Waals surface area contributed by atoms with Crippen LogP contribution in [0, 0.1) is 11.8 Å². The Morgan fingerprint density at radius 3 is 2.95 bits per heavy atom. The van der Waals surface area contributed by atoms with Crippen LogP contribution in [0.1, 0.15) is 64.7 Å². The molecule has 1 aliphatic carbocycles. The van der Waals surface area contributed by atoms with E-state index in [0.717, 1.165) is 32.2 Å². The predicted molar refractivity (Wildman–Crippen MR) is 76.6 cm³/mol. The van der Waals surface area contributed by atoms with Crippen LogP contribution >= 0.6 is 0 Å². The van der Waals surface area contributed by atoms with E-state index >= 15 is 0 Å². The number of nitrogens with two attached hydrogens (primary N) is 1. The number of carbonyl (C=O) groups is 1. The monoisotopic (exact) mass is 264 g/mol. The lowest BCUT2D eigenvalue weighted by Gasteiger charge is -2.52. The quantitative estimate of drug-likeness (QED) is 0.833. The molecule has 3 rings (SSSR count). The summed E-state index contributed by atoms with van der Waals surface area (Å²) in [6.07, 6.45) is 10.2. The van der Waals surface area contributed by atoms with Crippen LogP contribution in [-0.2, 0) is 4.79 Å². The van der Waals surface area contributed by atoms with Gasteiger partial charge in [0.25, 0.3) is 0 Å². The molecular formula is C16H28N2O. The highest BCUT2D eigenvalue weighted by Crippen LogP contribution is 2.52. The van der Waals surface area contributed by atoms with E-state index in [1.807, 2.05) is 0 Å². The van der Waals surface area contributed by atoms with Crippen LogP contribution in [0.4, 0.5) is 0 Å². The van der Waals surface area contributed by atoms with Gasteiger partial charge in [-0.2, -0.15) is 0 Å². The van der Waals surface area contributed by atoms with Gasteiger partial charge in [0.15, 0.2) is 0 Å². The minimum atomic E-state index is 0.198. The molecular weight excluding hydrogens is 236 g/mol. The average Bonchev–Trinajstić information content (AvgIpc) is 2.76. The summed E-state index contributed by atoms with van der Waals surface area (Å²) in [5.74, 6) is 1.74. The van der Waals surface area contributed by atoms with Crippen molar-refractivity contribution in [2.75, 3.05) is 6.54 Å². The number of nitrogens with zero attached hydrogens (tertiary/aromatic N) is 1. The molecule has 3 fully saturated rings. The van der Waals surface area contributed by atoms with E-state index in [1.165, 1.54) is 32.1 Å². The summed E-state index contributed by atoms with van der Waals surface area (Å²) in [4.78, 5) is 14.7. The highest BCUT2D eigenvalue weighted by Gasteiger charge is 2.55. The van der Waals surface area contributed by atoms with Gasteiger partial charge in [0.05, 0.1) is 0 Å². The van der Waals surface area contributed by atoms with Gasteiger partial charge in [0, 0.05) is 24.5 Å². The van der Waals surface area contributed by atoms with Gasteiger partial charge in [-0.3, -0.25) is 4.79 Å². The highest BCUT2D eigenvalue weighted by molar-refractivity contribution is 5.78. The maximum atomic E-state index is 12.4. The Bertz CT molecular complexity index is 357. The summed E-state index contributed by atoms with van der Waals surface area (Å²) in [5, 5.41) is 0. The van der Waals surface area contributed by atoms with Gasteiger partial charge in [-0.15, -0.1) is 0 Å².